The maximum absolute atomic E-state index is 11.8. The van der Waals surface area contributed by atoms with Crippen LogP contribution in [0.4, 0.5) is 0 Å². The third kappa shape index (κ3) is 2.56. The molecule has 1 aromatic rings. The van der Waals surface area contributed by atoms with Crippen molar-refractivity contribution in [3.63, 3.8) is 0 Å². The summed E-state index contributed by atoms with van der Waals surface area (Å²) in [6.45, 7) is 1.09. The predicted octanol–water partition coefficient (Wildman–Crippen LogP) is 2.97. The number of ketones is 1. The molecule has 0 saturated heterocycles. The van der Waals surface area contributed by atoms with Gasteiger partial charge in [-0.05, 0) is 37.7 Å². The molecule has 0 N–H and O–H groups in total. The van der Waals surface area contributed by atoms with Gasteiger partial charge in [-0.2, -0.15) is 0 Å². The summed E-state index contributed by atoms with van der Waals surface area (Å²) in [5, 5.41) is 0. The molecule has 0 atom stereocenters. The van der Waals surface area contributed by atoms with Crippen LogP contribution in [-0.4, -0.2) is 19.2 Å². The van der Waals surface area contributed by atoms with Gasteiger partial charge >= 0.3 is 0 Å². The van der Waals surface area contributed by atoms with Crippen molar-refractivity contribution in [1.29, 1.82) is 0 Å². The molecule has 3 heteroatoms. The third-order valence-corrected chi connectivity index (χ3v) is 3.61. The Hall–Kier alpha value is -1.35. The zero-order valence-corrected chi connectivity index (χ0v) is 10.5. The van der Waals surface area contributed by atoms with Gasteiger partial charge in [0, 0.05) is 17.5 Å². The van der Waals surface area contributed by atoms with E-state index in [1.165, 1.54) is 12.8 Å². The molecule has 0 heterocycles. The number of hydrogen-bond donors (Lipinski definition) is 0. The second-order valence-corrected chi connectivity index (χ2v) is 5.14. The molecule has 0 unspecified atom stereocenters. The Morgan fingerprint density at radius 2 is 2.11 bits per heavy atom. The van der Waals surface area contributed by atoms with Gasteiger partial charge in [-0.3, -0.25) is 4.79 Å². The van der Waals surface area contributed by atoms with Gasteiger partial charge in [-0.25, -0.2) is 0 Å². The van der Waals surface area contributed by atoms with Gasteiger partial charge in [-0.15, -0.1) is 0 Å². The summed E-state index contributed by atoms with van der Waals surface area (Å²) in [5.41, 5.74) is 1.89. The molecule has 3 nitrogen and oxygen atoms in total. The van der Waals surface area contributed by atoms with Crippen LogP contribution in [-0.2, 0) is 11.2 Å². The number of Topliss-reactive ketones (excluding diaryl/α,β-unsaturated/α-hetero) is 1. The van der Waals surface area contributed by atoms with Crippen molar-refractivity contribution in [2.75, 3.05) is 13.4 Å². The van der Waals surface area contributed by atoms with Gasteiger partial charge in [0.25, 0.3) is 0 Å². The molecule has 3 rings (SSSR count). The van der Waals surface area contributed by atoms with Crippen LogP contribution < -0.4 is 4.74 Å². The van der Waals surface area contributed by atoms with Gasteiger partial charge < -0.3 is 9.47 Å². The fourth-order valence-corrected chi connectivity index (χ4v) is 2.38. The SMILES string of the molecule is O=C1CCCc2c(OCOCC3CC3)cccc21. The van der Waals surface area contributed by atoms with Crippen LogP contribution in [0.25, 0.3) is 0 Å². The minimum absolute atomic E-state index is 0.237. The van der Waals surface area contributed by atoms with Crippen molar-refractivity contribution < 1.29 is 14.3 Å². The van der Waals surface area contributed by atoms with E-state index < -0.39 is 0 Å². The number of benzene rings is 1. The highest BCUT2D eigenvalue weighted by Gasteiger charge is 2.22. The largest absolute Gasteiger partial charge is 0.467 e. The Labute approximate surface area is 107 Å². The Balaban J connectivity index is 1.63. The monoisotopic (exact) mass is 246 g/mol. The van der Waals surface area contributed by atoms with Crippen molar-refractivity contribution in [3.8, 4) is 5.75 Å². The number of ether oxygens (including phenoxy) is 2. The molecular weight excluding hydrogens is 228 g/mol. The van der Waals surface area contributed by atoms with Crippen LogP contribution in [0.1, 0.15) is 41.6 Å². The maximum atomic E-state index is 11.8. The minimum Gasteiger partial charge on any atom is -0.467 e. The zero-order chi connectivity index (χ0) is 12.4. The molecule has 2 aliphatic rings. The Morgan fingerprint density at radius 3 is 2.94 bits per heavy atom. The fraction of sp³-hybridized carbons (Fsp3) is 0.533. The first-order valence-electron chi connectivity index (χ1n) is 6.70. The molecule has 96 valence electrons. The molecule has 2 aliphatic carbocycles. The Bertz CT molecular complexity index is 449. The standard InChI is InChI=1S/C15H18O3/c16-14-5-1-4-13-12(14)3-2-6-15(13)18-10-17-9-11-7-8-11/h2-3,6,11H,1,4-5,7-10H2. The van der Waals surface area contributed by atoms with Crippen LogP contribution in [0.5, 0.6) is 5.75 Å². The molecule has 18 heavy (non-hydrogen) atoms. The lowest BCUT2D eigenvalue weighted by Gasteiger charge is -2.18. The van der Waals surface area contributed by atoms with Crippen LogP contribution >= 0.6 is 0 Å². The Kier molecular flexibility index (Phi) is 3.33. The highest BCUT2D eigenvalue weighted by molar-refractivity contribution is 5.99. The summed E-state index contributed by atoms with van der Waals surface area (Å²) in [7, 11) is 0. The average molecular weight is 246 g/mol. The predicted molar refractivity (Wildman–Crippen MR) is 67.9 cm³/mol. The normalized spacial score (nSPS) is 18.6. The molecule has 0 radical (unpaired) electrons. The number of rotatable bonds is 5. The number of carbonyl (C=O) groups excluding carboxylic acids is 1. The first-order valence-corrected chi connectivity index (χ1v) is 6.70. The average Bonchev–Trinajstić information content (AvgIpc) is 3.20. The quantitative estimate of drug-likeness (QED) is 0.592. The van der Waals surface area contributed by atoms with Crippen molar-refractivity contribution in [1.82, 2.24) is 0 Å². The lowest BCUT2D eigenvalue weighted by molar-refractivity contribution is 0.00934. The van der Waals surface area contributed by atoms with E-state index in [1.54, 1.807) is 0 Å². The van der Waals surface area contributed by atoms with E-state index in [9.17, 15) is 4.79 Å². The number of hydrogen-bond acceptors (Lipinski definition) is 3. The van der Waals surface area contributed by atoms with Crippen LogP contribution in [0.3, 0.4) is 0 Å². The molecule has 1 aromatic carbocycles. The van der Waals surface area contributed by atoms with Gasteiger partial charge in [-0.1, -0.05) is 12.1 Å². The van der Waals surface area contributed by atoms with Crippen LogP contribution in [0.15, 0.2) is 18.2 Å². The smallest absolute Gasteiger partial charge is 0.189 e. The van der Waals surface area contributed by atoms with E-state index in [0.29, 0.717) is 13.2 Å². The molecule has 0 spiro atoms. The van der Waals surface area contributed by atoms with E-state index in [-0.39, 0.29) is 5.78 Å². The van der Waals surface area contributed by atoms with Gasteiger partial charge in [0.1, 0.15) is 5.75 Å². The molecule has 1 fully saturated rings. The van der Waals surface area contributed by atoms with Crippen LogP contribution in [0.2, 0.25) is 0 Å². The molecule has 1 saturated carbocycles. The minimum atomic E-state index is 0.237. The van der Waals surface area contributed by atoms with E-state index in [0.717, 1.165) is 42.2 Å². The second-order valence-electron chi connectivity index (χ2n) is 5.14. The van der Waals surface area contributed by atoms with Crippen molar-refractivity contribution in [3.05, 3.63) is 29.3 Å². The molecular formula is C15H18O3. The molecule has 0 aliphatic heterocycles. The lowest BCUT2D eigenvalue weighted by Crippen LogP contribution is -2.13. The first-order chi connectivity index (χ1) is 8.84. The van der Waals surface area contributed by atoms with Gasteiger partial charge in [0.05, 0.1) is 6.61 Å². The second kappa shape index (κ2) is 5.11. The van der Waals surface area contributed by atoms with Gasteiger partial charge in [0.2, 0.25) is 0 Å². The fourth-order valence-electron chi connectivity index (χ4n) is 2.38. The van der Waals surface area contributed by atoms with Crippen molar-refractivity contribution in [2.45, 2.75) is 32.1 Å². The van der Waals surface area contributed by atoms with Crippen molar-refractivity contribution in [2.24, 2.45) is 5.92 Å². The van der Waals surface area contributed by atoms with Crippen molar-refractivity contribution >= 4 is 5.78 Å². The first kappa shape index (κ1) is 11.7. The van der Waals surface area contributed by atoms with E-state index in [2.05, 4.69) is 0 Å². The topological polar surface area (TPSA) is 35.5 Å². The van der Waals surface area contributed by atoms with E-state index >= 15 is 0 Å². The summed E-state index contributed by atoms with van der Waals surface area (Å²) in [6.07, 6.45) is 5.09. The van der Waals surface area contributed by atoms with Gasteiger partial charge in [0.15, 0.2) is 12.6 Å². The van der Waals surface area contributed by atoms with Crippen LogP contribution in [0, 0.1) is 5.92 Å². The summed E-state index contributed by atoms with van der Waals surface area (Å²) < 4.78 is 11.1. The number of carbonyl (C=O) groups is 1. The molecule has 0 aromatic heterocycles. The van der Waals surface area contributed by atoms with E-state index in [4.69, 9.17) is 9.47 Å². The summed E-state index contributed by atoms with van der Waals surface area (Å²) in [5.74, 6) is 1.80. The summed E-state index contributed by atoms with van der Waals surface area (Å²) in [6, 6.07) is 5.71. The highest BCUT2D eigenvalue weighted by Crippen LogP contribution is 2.30. The third-order valence-electron chi connectivity index (χ3n) is 3.61. The highest BCUT2D eigenvalue weighted by atomic mass is 16.7. The summed E-state index contributed by atoms with van der Waals surface area (Å²) in [4.78, 5) is 11.8. The molecule has 0 bridgehead atoms. The summed E-state index contributed by atoms with van der Waals surface area (Å²) >= 11 is 0. The number of fused-ring (bicyclic) bond motifs is 1. The maximum Gasteiger partial charge on any atom is 0.189 e. The Morgan fingerprint density at radius 1 is 1.22 bits per heavy atom. The van der Waals surface area contributed by atoms with E-state index in [1.807, 2.05) is 18.2 Å². The lowest BCUT2D eigenvalue weighted by atomic mass is 9.90. The zero-order valence-electron chi connectivity index (χ0n) is 10.5. The molecule has 0 amide bonds.